The summed E-state index contributed by atoms with van der Waals surface area (Å²) in [6.45, 7) is 5.75. The van der Waals surface area contributed by atoms with Crippen molar-refractivity contribution in [2.45, 2.75) is 25.5 Å². The third-order valence-electron chi connectivity index (χ3n) is 2.68. The van der Waals surface area contributed by atoms with Crippen LogP contribution >= 0.6 is 0 Å². The van der Waals surface area contributed by atoms with E-state index < -0.39 is 11.0 Å². The summed E-state index contributed by atoms with van der Waals surface area (Å²) in [6, 6.07) is 13.6. The van der Waals surface area contributed by atoms with Crippen LogP contribution in [0.25, 0.3) is 0 Å². The zero-order valence-electron chi connectivity index (χ0n) is 11.9. The standard InChI is InChI=1S/C16H18N2OS/c1-16(2,3)20(19)18-15(13-8-5-4-6-9-13)14-10-7-11-17-12-14/h4-12H,1-3H3/b18-15-. The lowest BCUT2D eigenvalue weighted by Crippen LogP contribution is -2.21. The maximum absolute atomic E-state index is 12.3. The Morgan fingerprint density at radius 1 is 1.05 bits per heavy atom. The zero-order valence-corrected chi connectivity index (χ0v) is 12.7. The molecule has 0 amide bonds. The van der Waals surface area contributed by atoms with Crippen molar-refractivity contribution in [1.82, 2.24) is 4.98 Å². The van der Waals surface area contributed by atoms with E-state index in [0.717, 1.165) is 11.1 Å². The summed E-state index contributed by atoms with van der Waals surface area (Å²) in [5.41, 5.74) is 2.53. The van der Waals surface area contributed by atoms with E-state index in [1.807, 2.05) is 63.2 Å². The minimum Gasteiger partial charge on any atom is -0.264 e. The van der Waals surface area contributed by atoms with Crippen molar-refractivity contribution < 1.29 is 4.21 Å². The normalized spacial score (nSPS) is 14.1. The first-order chi connectivity index (χ1) is 9.48. The molecular weight excluding hydrogens is 268 g/mol. The third kappa shape index (κ3) is 3.61. The fourth-order valence-electron chi connectivity index (χ4n) is 1.59. The summed E-state index contributed by atoms with van der Waals surface area (Å²) in [5, 5.41) is 0. The van der Waals surface area contributed by atoms with Crippen LogP contribution in [0.15, 0.2) is 59.3 Å². The first-order valence-corrected chi connectivity index (χ1v) is 7.55. The fraction of sp³-hybridized carbons (Fsp3) is 0.250. The van der Waals surface area contributed by atoms with E-state index in [-0.39, 0.29) is 4.75 Å². The Balaban J connectivity index is 2.52. The molecule has 1 aromatic heterocycles. The first kappa shape index (κ1) is 14.6. The minimum absolute atomic E-state index is 0.387. The Morgan fingerprint density at radius 3 is 2.25 bits per heavy atom. The van der Waals surface area contributed by atoms with Gasteiger partial charge in [-0.3, -0.25) is 4.98 Å². The highest BCUT2D eigenvalue weighted by Crippen LogP contribution is 2.17. The van der Waals surface area contributed by atoms with Gasteiger partial charge in [0, 0.05) is 23.5 Å². The van der Waals surface area contributed by atoms with Gasteiger partial charge in [-0.15, -0.1) is 0 Å². The molecular formula is C16H18N2OS. The molecule has 4 heteroatoms. The molecule has 0 aliphatic carbocycles. The molecule has 1 unspecified atom stereocenters. The van der Waals surface area contributed by atoms with Crippen molar-refractivity contribution >= 4 is 16.7 Å². The first-order valence-electron chi connectivity index (χ1n) is 6.45. The summed E-state index contributed by atoms with van der Waals surface area (Å²) >= 11 is 0. The number of benzene rings is 1. The summed E-state index contributed by atoms with van der Waals surface area (Å²) in [4.78, 5) is 4.12. The average Bonchev–Trinajstić information content (AvgIpc) is 2.45. The summed E-state index contributed by atoms with van der Waals surface area (Å²) in [6.07, 6.45) is 3.46. The lowest BCUT2D eigenvalue weighted by atomic mass is 10.0. The molecule has 104 valence electrons. The SMILES string of the molecule is CC(C)(C)S(=O)/N=C(/c1ccccc1)c1cccnc1. The molecule has 1 heterocycles. The second-order valence-electron chi connectivity index (χ2n) is 5.41. The van der Waals surface area contributed by atoms with Crippen molar-refractivity contribution in [3.05, 3.63) is 66.0 Å². The van der Waals surface area contributed by atoms with Crippen LogP contribution in [0.1, 0.15) is 31.9 Å². The quantitative estimate of drug-likeness (QED) is 0.812. The molecule has 0 aliphatic rings. The van der Waals surface area contributed by atoms with Gasteiger partial charge in [0.25, 0.3) is 0 Å². The smallest absolute Gasteiger partial charge is 0.145 e. The van der Waals surface area contributed by atoms with Crippen molar-refractivity contribution in [3.8, 4) is 0 Å². The maximum atomic E-state index is 12.3. The second-order valence-corrected chi connectivity index (χ2v) is 7.31. The van der Waals surface area contributed by atoms with E-state index in [1.165, 1.54) is 0 Å². The summed E-state index contributed by atoms with van der Waals surface area (Å²) in [7, 11) is -1.31. The van der Waals surface area contributed by atoms with E-state index in [9.17, 15) is 4.21 Å². The van der Waals surface area contributed by atoms with Crippen LogP contribution in [0.5, 0.6) is 0 Å². The number of hydrogen-bond acceptors (Lipinski definition) is 2. The van der Waals surface area contributed by atoms with E-state index in [2.05, 4.69) is 9.38 Å². The van der Waals surface area contributed by atoms with Gasteiger partial charge >= 0.3 is 0 Å². The molecule has 0 saturated carbocycles. The maximum Gasteiger partial charge on any atom is 0.145 e. The minimum atomic E-state index is -1.31. The average molecular weight is 286 g/mol. The van der Waals surface area contributed by atoms with Crippen molar-refractivity contribution in [2.75, 3.05) is 0 Å². The van der Waals surface area contributed by atoms with Crippen LogP contribution < -0.4 is 0 Å². The highest BCUT2D eigenvalue weighted by molar-refractivity contribution is 7.85. The highest BCUT2D eigenvalue weighted by atomic mass is 32.2. The van der Waals surface area contributed by atoms with Crippen LogP contribution in [0.2, 0.25) is 0 Å². The molecule has 2 aromatic rings. The molecule has 0 fully saturated rings. The molecule has 20 heavy (non-hydrogen) atoms. The van der Waals surface area contributed by atoms with Crippen LogP contribution in [-0.2, 0) is 11.0 Å². The zero-order chi connectivity index (χ0) is 14.6. The highest BCUT2D eigenvalue weighted by Gasteiger charge is 2.20. The predicted octanol–water partition coefficient (Wildman–Crippen LogP) is 3.38. The van der Waals surface area contributed by atoms with Gasteiger partial charge in [0.1, 0.15) is 11.0 Å². The number of nitrogens with zero attached hydrogens (tertiary/aromatic N) is 2. The van der Waals surface area contributed by atoms with Crippen LogP contribution in [0, 0.1) is 0 Å². The molecule has 0 spiro atoms. The summed E-state index contributed by atoms with van der Waals surface area (Å²) in [5.74, 6) is 0. The molecule has 0 bridgehead atoms. The molecule has 1 aromatic carbocycles. The van der Waals surface area contributed by atoms with Crippen LogP contribution in [0.3, 0.4) is 0 Å². The van der Waals surface area contributed by atoms with Crippen LogP contribution in [-0.4, -0.2) is 19.7 Å². The fourth-order valence-corrected chi connectivity index (χ4v) is 2.24. The molecule has 0 saturated heterocycles. The molecule has 0 radical (unpaired) electrons. The molecule has 0 aliphatic heterocycles. The van der Waals surface area contributed by atoms with Gasteiger partial charge in [0.05, 0.1) is 10.5 Å². The second kappa shape index (κ2) is 6.09. The Hall–Kier alpha value is -1.81. The lowest BCUT2D eigenvalue weighted by molar-refractivity contribution is 0.650. The van der Waals surface area contributed by atoms with E-state index in [0.29, 0.717) is 5.71 Å². The van der Waals surface area contributed by atoms with Gasteiger partial charge in [-0.25, -0.2) is 4.21 Å². The number of aromatic nitrogens is 1. The van der Waals surface area contributed by atoms with Gasteiger partial charge in [-0.1, -0.05) is 30.3 Å². The van der Waals surface area contributed by atoms with E-state index in [1.54, 1.807) is 12.4 Å². The Labute approximate surface area is 122 Å². The van der Waals surface area contributed by atoms with E-state index in [4.69, 9.17) is 0 Å². The monoisotopic (exact) mass is 286 g/mol. The van der Waals surface area contributed by atoms with E-state index >= 15 is 0 Å². The Bertz CT molecular complexity index is 574. The van der Waals surface area contributed by atoms with Crippen LogP contribution in [0.4, 0.5) is 0 Å². The molecule has 2 rings (SSSR count). The molecule has 0 N–H and O–H groups in total. The Morgan fingerprint density at radius 2 is 1.70 bits per heavy atom. The lowest BCUT2D eigenvalue weighted by Gasteiger charge is -2.15. The number of pyridine rings is 1. The van der Waals surface area contributed by atoms with Crippen molar-refractivity contribution in [3.63, 3.8) is 0 Å². The van der Waals surface area contributed by atoms with Gasteiger partial charge in [0.15, 0.2) is 0 Å². The van der Waals surface area contributed by atoms with Gasteiger partial charge in [-0.05, 0) is 32.9 Å². The van der Waals surface area contributed by atoms with Gasteiger partial charge in [0.2, 0.25) is 0 Å². The van der Waals surface area contributed by atoms with Crippen molar-refractivity contribution in [2.24, 2.45) is 4.40 Å². The Kier molecular flexibility index (Phi) is 4.45. The third-order valence-corrected chi connectivity index (χ3v) is 4.08. The topological polar surface area (TPSA) is 42.3 Å². The van der Waals surface area contributed by atoms with Crippen molar-refractivity contribution in [1.29, 1.82) is 0 Å². The van der Waals surface area contributed by atoms with Gasteiger partial charge in [-0.2, -0.15) is 4.40 Å². The number of hydrogen-bond donors (Lipinski definition) is 0. The predicted molar refractivity (Wildman–Crippen MR) is 84.2 cm³/mol. The molecule has 1 atom stereocenters. The van der Waals surface area contributed by atoms with Gasteiger partial charge < -0.3 is 0 Å². The summed E-state index contributed by atoms with van der Waals surface area (Å²) < 4.78 is 16.4. The number of rotatable bonds is 3. The largest absolute Gasteiger partial charge is 0.264 e. The molecule has 3 nitrogen and oxygen atoms in total.